The van der Waals surface area contributed by atoms with E-state index < -0.39 is 0 Å². The summed E-state index contributed by atoms with van der Waals surface area (Å²) in [6.07, 6.45) is 1.25. The number of hydrogen-bond donors (Lipinski definition) is 0. The van der Waals surface area contributed by atoms with E-state index in [1.54, 1.807) is 11.8 Å². The van der Waals surface area contributed by atoms with E-state index in [2.05, 4.69) is 6.07 Å². The van der Waals surface area contributed by atoms with Gasteiger partial charge in [-0.3, -0.25) is 9.59 Å². The number of nitrogens with zero attached hydrogens (tertiary/aromatic N) is 2. The first kappa shape index (κ1) is 17.2. The molecule has 0 saturated heterocycles. The summed E-state index contributed by atoms with van der Waals surface area (Å²) in [7, 11) is 0. The fraction of sp³-hybridized carbons (Fsp3) is 0.333. The molecule has 25 heavy (non-hydrogen) atoms. The largest absolute Gasteiger partial charge is 0.338 e. The standard InChI is InChI=1S/C21H24N2O2/c1-16-7-9-18(10-8-16)15-22(17(2)24)13-12-21(25)23-14-11-19-5-3-4-6-20(19)23/h3-10H,11-15H2,1-2H3. The summed E-state index contributed by atoms with van der Waals surface area (Å²) < 4.78 is 0. The number of fused-ring (bicyclic) bond motifs is 1. The van der Waals surface area contributed by atoms with Crippen LogP contribution in [0.2, 0.25) is 0 Å². The van der Waals surface area contributed by atoms with Crippen molar-refractivity contribution in [1.29, 1.82) is 0 Å². The lowest BCUT2D eigenvalue weighted by molar-refractivity contribution is -0.130. The maximum absolute atomic E-state index is 12.6. The minimum absolute atomic E-state index is 0.00445. The first-order chi connectivity index (χ1) is 12.0. The Labute approximate surface area is 149 Å². The van der Waals surface area contributed by atoms with Gasteiger partial charge in [-0.25, -0.2) is 0 Å². The lowest BCUT2D eigenvalue weighted by Gasteiger charge is -2.23. The van der Waals surface area contributed by atoms with E-state index in [1.165, 1.54) is 11.1 Å². The minimum atomic E-state index is -0.00445. The molecule has 4 nitrogen and oxygen atoms in total. The van der Waals surface area contributed by atoms with Gasteiger partial charge in [0, 0.05) is 38.7 Å². The van der Waals surface area contributed by atoms with Crippen LogP contribution in [0.5, 0.6) is 0 Å². The first-order valence-corrected chi connectivity index (χ1v) is 8.74. The van der Waals surface area contributed by atoms with Crippen molar-refractivity contribution >= 4 is 17.5 Å². The van der Waals surface area contributed by atoms with Crippen LogP contribution in [-0.2, 0) is 22.6 Å². The summed E-state index contributed by atoms with van der Waals surface area (Å²) in [6.45, 7) is 5.32. The van der Waals surface area contributed by atoms with Crippen molar-refractivity contribution < 1.29 is 9.59 Å². The molecule has 2 amide bonds. The molecule has 0 fully saturated rings. The third kappa shape index (κ3) is 4.08. The van der Waals surface area contributed by atoms with Crippen LogP contribution >= 0.6 is 0 Å². The molecule has 1 aliphatic heterocycles. The summed E-state index contributed by atoms with van der Waals surface area (Å²) in [5.74, 6) is 0.0790. The Morgan fingerprint density at radius 1 is 1.08 bits per heavy atom. The number of anilines is 1. The monoisotopic (exact) mass is 336 g/mol. The van der Waals surface area contributed by atoms with Gasteiger partial charge in [-0.2, -0.15) is 0 Å². The molecule has 2 aromatic rings. The third-order valence-electron chi connectivity index (χ3n) is 4.72. The van der Waals surface area contributed by atoms with Gasteiger partial charge in [0.05, 0.1) is 0 Å². The molecule has 0 saturated carbocycles. The molecule has 0 spiro atoms. The molecule has 0 bridgehead atoms. The van der Waals surface area contributed by atoms with Gasteiger partial charge in [0.25, 0.3) is 0 Å². The summed E-state index contributed by atoms with van der Waals surface area (Å²) in [5.41, 5.74) is 4.51. The number of para-hydroxylation sites is 1. The van der Waals surface area contributed by atoms with Gasteiger partial charge in [0.1, 0.15) is 0 Å². The second-order valence-electron chi connectivity index (χ2n) is 6.60. The fourth-order valence-corrected chi connectivity index (χ4v) is 3.22. The summed E-state index contributed by atoms with van der Waals surface area (Å²) in [4.78, 5) is 28.2. The van der Waals surface area contributed by atoms with Crippen LogP contribution in [0.15, 0.2) is 48.5 Å². The second-order valence-corrected chi connectivity index (χ2v) is 6.60. The maximum atomic E-state index is 12.6. The van der Waals surface area contributed by atoms with Crippen LogP contribution in [0.4, 0.5) is 5.69 Å². The van der Waals surface area contributed by atoms with E-state index >= 15 is 0 Å². The van der Waals surface area contributed by atoms with Gasteiger partial charge in [-0.15, -0.1) is 0 Å². The highest BCUT2D eigenvalue weighted by Gasteiger charge is 2.24. The topological polar surface area (TPSA) is 40.6 Å². The molecule has 4 heteroatoms. The number of carbonyl (C=O) groups is 2. The van der Waals surface area contributed by atoms with Crippen LogP contribution in [0.3, 0.4) is 0 Å². The van der Waals surface area contributed by atoms with Crippen molar-refractivity contribution in [1.82, 2.24) is 4.90 Å². The van der Waals surface area contributed by atoms with E-state index in [-0.39, 0.29) is 11.8 Å². The molecule has 0 N–H and O–H groups in total. The van der Waals surface area contributed by atoms with Crippen molar-refractivity contribution in [3.05, 3.63) is 65.2 Å². The number of benzene rings is 2. The lowest BCUT2D eigenvalue weighted by Crippen LogP contribution is -2.35. The Bertz CT molecular complexity index is 768. The average molecular weight is 336 g/mol. The normalized spacial score (nSPS) is 12.8. The molecule has 0 aliphatic carbocycles. The number of rotatable bonds is 5. The van der Waals surface area contributed by atoms with Crippen LogP contribution in [-0.4, -0.2) is 29.8 Å². The number of hydrogen-bond acceptors (Lipinski definition) is 2. The molecule has 1 aliphatic rings. The zero-order valence-electron chi connectivity index (χ0n) is 14.9. The van der Waals surface area contributed by atoms with E-state index in [0.717, 1.165) is 24.2 Å². The highest BCUT2D eigenvalue weighted by Crippen LogP contribution is 2.27. The highest BCUT2D eigenvalue weighted by molar-refractivity contribution is 5.95. The van der Waals surface area contributed by atoms with Crippen LogP contribution in [0.1, 0.15) is 30.0 Å². The van der Waals surface area contributed by atoms with Gasteiger partial charge in [0.2, 0.25) is 11.8 Å². The van der Waals surface area contributed by atoms with E-state index in [4.69, 9.17) is 0 Å². The molecule has 0 unspecified atom stereocenters. The number of aryl methyl sites for hydroxylation is 1. The SMILES string of the molecule is CC(=O)N(CCC(=O)N1CCc2ccccc21)Cc1ccc(C)cc1. The van der Waals surface area contributed by atoms with Crippen LogP contribution < -0.4 is 4.90 Å². The van der Waals surface area contributed by atoms with Gasteiger partial charge < -0.3 is 9.80 Å². The van der Waals surface area contributed by atoms with Crippen molar-refractivity contribution in [2.45, 2.75) is 33.2 Å². The average Bonchev–Trinajstić information content (AvgIpc) is 3.04. The summed E-state index contributed by atoms with van der Waals surface area (Å²) >= 11 is 0. The molecule has 1 heterocycles. The van der Waals surface area contributed by atoms with Crippen molar-refractivity contribution in [3.8, 4) is 0 Å². The van der Waals surface area contributed by atoms with E-state index in [9.17, 15) is 9.59 Å². The molecular weight excluding hydrogens is 312 g/mol. The lowest BCUT2D eigenvalue weighted by atomic mass is 10.1. The Hall–Kier alpha value is -2.62. The molecule has 0 aromatic heterocycles. The summed E-state index contributed by atoms with van der Waals surface area (Å²) in [5, 5.41) is 0. The third-order valence-corrected chi connectivity index (χ3v) is 4.72. The number of carbonyl (C=O) groups excluding carboxylic acids is 2. The molecule has 0 radical (unpaired) electrons. The smallest absolute Gasteiger partial charge is 0.228 e. The fourth-order valence-electron chi connectivity index (χ4n) is 3.22. The van der Waals surface area contributed by atoms with Gasteiger partial charge in [-0.05, 0) is 30.5 Å². The molecular formula is C21H24N2O2. The zero-order chi connectivity index (χ0) is 17.8. The minimum Gasteiger partial charge on any atom is -0.338 e. The number of amides is 2. The quantitative estimate of drug-likeness (QED) is 0.840. The maximum Gasteiger partial charge on any atom is 0.228 e. The Morgan fingerprint density at radius 3 is 2.52 bits per heavy atom. The second kappa shape index (κ2) is 7.51. The predicted molar refractivity (Wildman–Crippen MR) is 99.4 cm³/mol. The Morgan fingerprint density at radius 2 is 1.80 bits per heavy atom. The van der Waals surface area contributed by atoms with Crippen molar-refractivity contribution in [2.75, 3.05) is 18.0 Å². The van der Waals surface area contributed by atoms with Gasteiger partial charge >= 0.3 is 0 Å². The first-order valence-electron chi connectivity index (χ1n) is 8.74. The summed E-state index contributed by atoms with van der Waals surface area (Å²) in [6, 6.07) is 16.2. The van der Waals surface area contributed by atoms with Crippen LogP contribution in [0.25, 0.3) is 0 Å². The Kier molecular flexibility index (Phi) is 5.17. The van der Waals surface area contributed by atoms with Crippen molar-refractivity contribution in [3.63, 3.8) is 0 Å². The van der Waals surface area contributed by atoms with Gasteiger partial charge in [-0.1, -0.05) is 48.0 Å². The Balaban J connectivity index is 1.61. The van der Waals surface area contributed by atoms with E-state index in [1.807, 2.05) is 54.3 Å². The molecule has 2 aromatic carbocycles. The zero-order valence-corrected chi connectivity index (χ0v) is 14.9. The van der Waals surface area contributed by atoms with Crippen LogP contribution in [0, 0.1) is 6.92 Å². The molecule has 130 valence electrons. The predicted octanol–water partition coefficient (Wildman–Crippen LogP) is 3.32. The highest BCUT2D eigenvalue weighted by atomic mass is 16.2. The van der Waals surface area contributed by atoms with Gasteiger partial charge in [0.15, 0.2) is 0 Å². The van der Waals surface area contributed by atoms with E-state index in [0.29, 0.717) is 19.5 Å². The molecule has 3 rings (SSSR count). The van der Waals surface area contributed by atoms with Crippen molar-refractivity contribution in [2.24, 2.45) is 0 Å². The molecule has 0 atom stereocenters.